The van der Waals surface area contributed by atoms with Crippen LogP contribution in [-0.4, -0.2) is 16.7 Å². The van der Waals surface area contributed by atoms with E-state index >= 15 is 0 Å². The number of hydrogen-bond acceptors (Lipinski definition) is 2. The van der Waals surface area contributed by atoms with Crippen LogP contribution in [0.15, 0.2) is 66.7 Å². The summed E-state index contributed by atoms with van der Waals surface area (Å²) in [4.78, 5) is 26.1. The van der Waals surface area contributed by atoms with Gasteiger partial charge in [0.05, 0.1) is 17.7 Å². The molecule has 0 aliphatic carbocycles. The van der Waals surface area contributed by atoms with Crippen LogP contribution in [0.25, 0.3) is 10.8 Å². The van der Waals surface area contributed by atoms with Crippen molar-refractivity contribution in [2.75, 3.05) is 0 Å². The molecule has 0 spiro atoms. The fourth-order valence-electron chi connectivity index (χ4n) is 2.90. The molecule has 3 aromatic rings. The zero-order valence-corrected chi connectivity index (χ0v) is 11.8. The van der Waals surface area contributed by atoms with Crippen molar-refractivity contribution in [3.63, 3.8) is 0 Å². The van der Waals surface area contributed by atoms with Gasteiger partial charge in [0.2, 0.25) is 0 Å². The Bertz CT molecular complexity index is 879. The van der Waals surface area contributed by atoms with Crippen LogP contribution in [0.1, 0.15) is 26.3 Å². The van der Waals surface area contributed by atoms with Gasteiger partial charge in [0.25, 0.3) is 11.8 Å². The number of nitrogens with zero attached hydrogens (tertiary/aromatic N) is 1. The van der Waals surface area contributed by atoms with Crippen LogP contribution in [0.2, 0.25) is 0 Å². The second kappa shape index (κ2) is 4.81. The van der Waals surface area contributed by atoms with E-state index in [1.54, 1.807) is 24.3 Å². The maximum absolute atomic E-state index is 12.4. The number of amides is 2. The lowest BCUT2D eigenvalue weighted by Crippen LogP contribution is -2.29. The highest BCUT2D eigenvalue weighted by Crippen LogP contribution is 2.25. The van der Waals surface area contributed by atoms with Crippen LogP contribution >= 0.6 is 0 Å². The molecular formula is C19H13NO2. The zero-order valence-electron chi connectivity index (χ0n) is 11.8. The third-order valence-electron chi connectivity index (χ3n) is 4.03. The number of carbonyl (C=O) groups is 2. The van der Waals surface area contributed by atoms with Gasteiger partial charge in [0, 0.05) is 0 Å². The molecule has 0 bridgehead atoms. The molecule has 0 N–H and O–H groups in total. The molecule has 0 unspecified atom stereocenters. The summed E-state index contributed by atoms with van der Waals surface area (Å²) in [5.74, 6) is -0.428. The fourth-order valence-corrected chi connectivity index (χ4v) is 2.90. The van der Waals surface area contributed by atoms with Gasteiger partial charge in [0.1, 0.15) is 0 Å². The second-order valence-electron chi connectivity index (χ2n) is 5.42. The predicted molar refractivity (Wildman–Crippen MR) is 84.6 cm³/mol. The van der Waals surface area contributed by atoms with E-state index in [1.165, 1.54) is 4.90 Å². The lowest BCUT2D eigenvalue weighted by molar-refractivity contribution is 0.0642. The number of fused-ring (bicyclic) bond motifs is 2. The average Bonchev–Trinajstić information content (AvgIpc) is 2.80. The summed E-state index contributed by atoms with van der Waals surface area (Å²) in [7, 11) is 0. The highest BCUT2D eigenvalue weighted by molar-refractivity contribution is 6.21. The Kier molecular flexibility index (Phi) is 2.79. The molecule has 4 rings (SSSR count). The Morgan fingerprint density at radius 1 is 0.682 bits per heavy atom. The van der Waals surface area contributed by atoms with E-state index in [1.807, 2.05) is 42.5 Å². The van der Waals surface area contributed by atoms with Crippen molar-refractivity contribution in [2.24, 2.45) is 0 Å². The van der Waals surface area contributed by atoms with Crippen molar-refractivity contribution in [2.45, 2.75) is 6.54 Å². The predicted octanol–water partition coefficient (Wildman–Crippen LogP) is 3.64. The summed E-state index contributed by atoms with van der Waals surface area (Å²) in [5, 5.41) is 2.25. The first kappa shape index (κ1) is 12.8. The van der Waals surface area contributed by atoms with Gasteiger partial charge in [-0.05, 0) is 34.5 Å². The van der Waals surface area contributed by atoms with Gasteiger partial charge in [-0.25, -0.2) is 0 Å². The van der Waals surface area contributed by atoms with E-state index in [0.717, 1.165) is 16.3 Å². The van der Waals surface area contributed by atoms with Crippen molar-refractivity contribution < 1.29 is 9.59 Å². The standard InChI is InChI=1S/C19H13NO2/c21-18-16-7-3-4-8-17(16)19(22)20(18)12-13-9-10-14-5-1-2-6-15(14)11-13/h1-11H,12H2. The molecule has 3 nitrogen and oxygen atoms in total. The maximum Gasteiger partial charge on any atom is 0.261 e. The third kappa shape index (κ3) is 1.91. The summed E-state index contributed by atoms with van der Waals surface area (Å²) in [5.41, 5.74) is 1.94. The molecule has 22 heavy (non-hydrogen) atoms. The first-order valence-corrected chi connectivity index (χ1v) is 7.17. The largest absolute Gasteiger partial charge is 0.270 e. The second-order valence-corrected chi connectivity index (χ2v) is 5.42. The number of benzene rings is 3. The topological polar surface area (TPSA) is 37.4 Å². The van der Waals surface area contributed by atoms with E-state index in [4.69, 9.17) is 0 Å². The smallest absolute Gasteiger partial charge is 0.261 e. The van der Waals surface area contributed by atoms with Crippen LogP contribution < -0.4 is 0 Å². The van der Waals surface area contributed by atoms with Crippen molar-refractivity contribution in [3.05, 3.63) is 83.4 Å². The Balaban J connectivity index is 1.69. The SMILES string of the molecule is O=C1c2ccccc2C(=O)N1Cc1ccc2ccccc2c1. The van der Waals surface area contributed by atoms with Crippen LogP contribution in [0.3, 0.4) is 0 Å². The highest BCUT2D eigenvalue weighted by atomic mass is 16.2. The van der Waals surface area contributed by atoms with E-state index < -0.39 is 0 Å². The summed E-state index contributed by atoms with van der Waals surface area (Å²) in [6.45, 7) is 0.303. The molecule has 1 aliphatic rings. The van der Waals surface area contributed by atoms with Crippen molar-refractivity contribution >= 4 is 22.6 Å². The van der Waals surface area contributed by atoms with Crippen LogP contribution in [0.4, 0.5) is 0 Å². The molecule has 0 saturated heterocycles. The number of carbonyl (C=O) groups excluding carboxylic acids is 2. The van der Waals surface area contributed by atoms with Crippen molar-refractivity contribution in [1.82, 2.24) is 4.90 Å². The molecule has 0 aromatic heterocycles. The molecule has 1 heterocycles. The van der Waals surface area contributed by atoms with E-state index in [2.05, 4.69) is 0 Å². The van der Waals surface area contributed by atoms with Gasteiger partial charge < -0.3 is 0 Å². The molecule has 0 saturated carbocycles. The molecule has 0 radical (unpaired) electrons. The van der Waals surface area contributed by atoms with Gasteiger partial charge >= 0.3 is 0 Å². The summed E-state index contributed by atoms with van der Waals surface area (Å²) in [6.07, 6.45) is 0. The molecule has 3 heteroatoms. The molecular weight excluding hydrogens is 274 g/mol. The number of imide groups is 1. The molecule has 2 amide bonds. The molecule has 1 aliphatic heterocycles. The summed E-state index contributed by atoms with van der Waals surface area (Å²) < 4.78 is 0. The van der Waals surface area contributed by atoms with Gasteiger partial charge in [0.15, 0.2) is 0 Å². The van der Waals surface area contributed by atoms with Gasteiger partial charge in [-0.15, -0.1) is 0 Å². The Morgan fingerprint density at radius 2 is 1.27 bits per heavy atom. The number of hydrogen-bond donors (Lipinski definition) is 0. The lowest BCUT2D eigenvalue weighted by atomic mass is 10.1. The zero-order chi connectivity index (χ0) is 15.1. The van der Waals surface area contributed by atoms with Crippen LogP contribution in [-0.2, 0) is 6.54 Å². The first-order chi connectivity index (χ1) is 10.7. The third-order valence-corrected chi connectivity index (χ3v) is 4.03. The van der Waals surface area contributed by atoms with E-state index in [-0.39, 0.29) is 11.8 Å². The summed E-state index contributed by atoms with van der Waals surface area (Å²) in [6, 6.07) is 21.0. The van der Waals surface area contributed by atoms with Gasteiger partial charge in [-0.3, -0.25) is 14.5 Å². The Labute approximate surface area is 127 Å². The summed E-state index contributed by atoms with van der Waals surface area (Å²) >= 11 is 0. The Morgan fingerprint density at radius 3 is 1.95 bits per heavy atom. The molecule has 106 valence electrons. The maximum atomic E-state index is 12.4. The minimum absolute atomic E-state index is 0.214. The quantitative estimate of drug-likeness (QED) is 0.675. The Hall–Kier alpha value is -2.94. The minimum atomic E-state index is -0.214. The first-order valence-electron chi connectivity index (χ1n) is 7.17. The van der Waals surface area contributed by atoms with E-state index in [9.17, 15) is 9.59 Å². The van der Waals surface area contributed by atoms with Crippen molar-refractivity contribution in [1.29, 1.82) is 0 Å². The minimum Gasteiger partial charge on any atom is -0.270 e. The van der Waals surface area contributed by atoms with Crippen molar-refractivity contribution in [3.8, 4) is 0 Å². The average molecular weight is 287 g/mol. The van der Waals surface area contributed by atoms with E-state index in [0.29, 0.717) is 17.7 Å². The normalized spacial score (nSPS) is 13.7. The molecule has 3 aromatic carbocycles. The van der Waals surface area contributed by atoms with Crippen LogP contribution in [0, 0.1) is 0 Å². The lowest BCUT2D eigenvalue weighted by Gasteiger charge is -2.14. The van der Waals surface area contributed by atoms with Gasteiger partial charge in [-0.2, -0.15) is 0 Å². The monoisotopic (exact) mass is 287 g/mol. The number of rotatable bonds is 2. The molecule has 0 atom stereocenters. The van der Waals surface area contributed by atoms with Gasteiger partial charge in [-0.1, -0.05) is 48.5 Å². The molecule has 0 fully saturated rings. The van der Waals surface area contributed by atoms with Crippen LogP contribution in [0.5, 0.6) is 0 Å². The fraction of sp³-hybridized carbons (Fsp3) is 0.0526. The highest BCUT2D eigenvalue weighted by Gasteiger charge is 2.34.